The summed E-state index contributed by atoms with van der Waals surface area (Å²) in [4.78, 5) is 4.25. The Hall–Kier alpha value is -0.970. The molecule has 1 heterocycles. The lowest BCUT2D eigenvalue weighted by Gasteiger charge is -2.64. The van der Waals surface area contributed by atoms with Crippen molar-refractivity contribution < 1.29 is 15.3 Å². The van der Waals surface area contributed by atoms with E-state index < -0.39 is 16.6 Å². The van der Waals surface area contributed by atoms with Gasteiger partial charge >= 0.3 is 0 Å². The number of nitrogens with zero attached hydrogens (tertiary/aromatic N) is 1. The van der Waals surface area contributed by atoms with Crippen molar-refractivity contribution in [2.75, 3.05) is 0 Å². The molecule has 3 N–H and O–H groups in total. The largest absolute Gasteiger partial charge is 0.393 e. The quantitative estimate of drug-likeness (QED) is 0.688. The van der Waals surface area contributed by atoms with Crippen LogP contribution in [0.2, 0.25) is 0 Å². The maximum Gasteiger partial charge on any atom is 0.0993 e. The lowest BCUT2D eigenvalue weighted by molar-refractivity contribution is -0.238. The highest BCUT2D eigenvalue weighted by Gasteiger charge is 2.72. The highest BCUT2D eigenvalue weighted by molar-refractivity contribution is 5.30. The van der Waals surface area contributed by atoms with E-state index in [9.17, 15) is 15.3 Å². The Balaban J connectivity index is 1.52. The fourth-order valence-electron chi connectivity index (χ4n) is 8.29. The molecular formula is C24H35NO3. The van der Waals surface area contributed by atoms with Crippen molar-refractivity contribution in [1.29, 1.82) is 0 Å². The molecule has 154 valence electrons. The topological polar surface area (TPSA) is 73.6 Å². The number of hydrogen-bond acceptors (Lipinski definition) is 4. The van der Waals surface area contributed by atoms with E-state index in [1.165, 1.54) is 0 Å². The summed E-state index contributed by atoms with van der Waals surface area (Å²) in [6, 6.07) is 3.86. The predicted molar refractivity (Wildman–Crippen MR) is 107 cm³/mol. The van der Waals surface area contributed by atoms with Crippen LogP contribution < -0.4 is 0 Å². The number of aliphatic hydroxyl groups excluding tert-OH is 1. The first-order valence-corrected chi connectivity index (χ1v) is 11.3. The average Bonchev–Trinajstić information content (AvgIpc) is 2.91. The van der Waals surface area contributed by atoms with Crippen LogP contribution in [0, 0.1) is 28.6 Å². The monoisotopic (exact) mass is 385 g/mol. The average molecular weight is 386 g/mol. The molecule has 8 atom stereocenters. The van der Waals surface area contributed by atoms with Gasteiger partial charge in [-0.2, -0.15) is 0 Å². The normalized spacial score (nSPS) is 53.2. The van der Waals surface area contributed by atoms with Crippen LogP contribution in [0.25, 0.3) is 0 Å². The lowest BCUT2D eigenvalue weighted by Crippen LogP contribution is -2.64. The molecule has 0 spiro atoms. The van der Waals surface area contributed by atoms with Gasteiger partial charge in [0.1, 0.15) is 0 Å². The summed E-state index contributed by atoms with van der Waals surface area (Å²) in [5.41, 5.74) is -1.31. The van der Waals surface area contributed by atoms with Gasteiger partial charge in [-0.15, -0.1) is 0 Å². The second-order valence-corrected chi connectivity index (χ2v) is 10.8. The summed E-state index contributed by atoms with van der Waals surface area (Å²) in [5, 5.41) is 34.3. The Morgan fingerprint density at radius 2 is 1.79 bits per heavy atom. The van der Waals surface area contributed by atoms with Gasteiger partial charge in [0.15, 0.2) is 0 Å². The van der Waals surface area contributed by atoms with Crippen LogP contribution in [-0.2, 0) is 5.60 Å². The van der Waals surface area contributed by atoms with Crippen LogP contribution in [-0.4, -0.2) is 32.0 Å². The Labute approximate surface area is 168 Å². The van der Waals surface area contributed by atoms with Gasteiger partial charge in [0.25, 0.3) is 0 Å². The first-order valence-electron chi connectivity index (χ1n) is 11.3. The van der Waals surface area contributed by atoms with Crippen molar-refractivity contribution in [2.45, 2.75) is 88.9 Å². The molecule has 4 nitrogen and oxygen atoms in total. The first kappa shape index (κ1) is 19.0. The molecule has 1 aromatic heterocycles. The zero-order valence-electron chi connectivity index (χ0n) is 17.3. The minimum atomic E-state index is -1.01. The Kier molecular flexibility index (Phi) is 4.09. The van der Waals surface area contributed by atoms with Crippen LogP contribution in [0.1, 0.15) is 77.2 Å². The highest BCUT2D eigenvalue weighted by atomic mass is 16.3. The smallest absolute Gasteiger partial charge is 0.0993 e. The second kappa shape index (κ2) is 6.02. The van der Waals surface area contributed by atoms with Crippen LogP contribution in [0.5, 0.6) is 0 Å². The summed E-state index contributed by atoms with van der Waals surface area (Å²) in [5.74, 6) is 1.31. The fraction of sp³-hybridized carbons (Fsp3) is 0.792. The number of rotatable bonds is 1. The van der Waals surface area contributed by atoms with E-state index in [0.29, 0.717) is 24.7 Å². The third-order valence-electron chi connectivity index (χ3n) is 10.1. The third-order valence-corrected chi connectivity index (χ3v) is 10.1. The SMILES string of the molecule is C[C@]12CC[C@H](O)C[C@@H]1CC[C@@H]1[C@@H]2CC[C@]2(C)[C@@](O)(c3cccnc3)CC[C@]12O. The van der Waals surface area contributed by atoms with Crippen molar-refractivity contribution >= 4 is 0 Å². The van der Waals surface area contributed by atoms with Crippen molar-refractivity contribution in [3.63, 3.8) is 0 Å². The van der Waals surface area contributed by atoms with Gasteiger partial charge in [-0.1, -0.05) is 19.9 Å². The molecule has 28 heavy (non-hydrogen) atoms. The number of pyridine rings is 1. The highest BCUT2D eigenvalue weighted by Crippen LogP contribution is 2.71. The number of fused-ring (bicyclic) bond motifs is 5. The van der Waals surface area contributed by atoms with E-state index in [-0.39, 0.29) is 17.4 Å². The molecule has 0 aromatic carbocycles. The standard InChI is InChI=1S/C24H35NO3/c1-21-9-7-18(26)14-16(21)5-6-20-19(21)8-10-22(2)23(27,11-12-24(20,22)28)17-4-3-13-25-15-17/h3-4,13,15-16,18-20,26-28H,5-12,14H2,1-2H3/t16-,18-,19-,20+,21-,22+,23-,24-/m0/s1. The maximum atomic E-state index is 12.2. The second-order valence-electron chi connectivity index (χ2n) is 10.8. The van der Waals surface area contributed by atoms with Crippen molar-refractivity contribution in [3.8, 4) is 0 Å². The third kappa shape index (κ3) is 2.20. The summed E-state index contributed by atoms with van der Waals surface area (Å²) in [7, 11) is 0. The summed E-state index contributed by atoms with van der Waals surface area (Å²) < 4.78 is 0. The van der Waals surface area contributed by atoms with Crippen LogP contribution in [0.3, 0.4) is 0 Å². The molecule has 0 aliphatic heterocycles. The van der Waals surface area contributed by atoms with E-state index in [0.717, 1.165) is 50.5 Å². The van der Waals surface area contributed by atoms with Gasteiger partial charge in [-0.25, -0.2) is 0 Å². The molecule has 4 fully saturated rings. The summed E-state index contributed by atoms with van der Waals surface area (Å²) in [6.45, 7) is 4.55. The zero-order valence-corrected chi connectivity index (χ0v) is 17.3. The fourth-order valence-corrected chi connectivity index (χ4v) is 8.29. The van der Waals surface area contributed by atoms with Crippen LogP contribution >= 0.6 is 0 Å². The Morgan fingerprint density at radius 3 is 2.54 bits per heavy atom. The molecule has 1 aromatic rings. The predicted octanol–water partition coefficient (Wildman–Crippen LogP) is 3.79. The van der Waals surface area contributed by atoms with E-state index in [1.54, 1.807) is 12.4 Å². The summed E-state index contributed by atoms with van der Waals surface area (Å²) >= 11 is 0. The molecule has 4 aliphatic rings. The molecular weight excluding hydrogens is 350 g/mol. The molecule has 4 saturated carbocycles. The Bertz CT molecular complexity index is 755. The van der Waals surface area contributed by atoms with Crippen molar-refractivity contribution in [2.24, 2.45) is 28.6 Å². The van der Waals surface area contributed by atoms with Gasteiger partial charge < -0.3 is 15.3 Å². The summed E-state index contributed by atoms with van der Waals surface area (Å²) in [6.07, 6.45) is 11.6. The van der Waals surface area contributed by atoms with Gasteiger partial charge in [0.05, 0.1) is 17.3 Å². The molecule has 0 bridgehead atoms. The molecule has 4 heteroatoms. The molecule has 5 rings (SSSR count). The molecule has 0 unspecified atom stereocenters. The molecule has 0 saturated heterocycles. The van der Waals surface area contributed by atoms with E-state index in [2.05, 4.69) is 18.8 Å². The van der Waals surface area contributed by atoms with E-state index in [1.807, 2.05) is 12.1 Å². The maximum absolute atomic E-state index is 12.2. The van der Waals surface area contributed by atoms with Gasteiger partial charge in [0.2, 0.25) is 0 Å². The molecule has 0 radical (unpaired) electrons. The van der Waals surface area contributed by atoms with E-state index in [4.69, 9.17) is 0 Å². The molecule has 4 aliphatic carbocycles. The van der Waals surface area contributed by atoms with E-state index >= 15 is 0 Å². The zero-order chi connectivity index (χ0) is 19.8. The number of aliphatic hydroxyl groups is 3. The Morgan fingerprint density at radius 1 is 0.964 bits per heavy atom. The number of hydrogen-bond donors (Lipinski definition) is 3. The van der Waals surface area contributed by atoms with Crippen molar-refractivity contribution in [3.05, 3.63) is 30.1 Å². The first-order chi connectivity index (χ1) is 13.2. The van der Waals surface area contributed by atoms with Crippen LogP contribution in [0.15, 0.2) is 24.5 Å². The van der Waals surface area contributed by atoms with Gasteiger partial charge in [-0.3, -0.25) is 4.98 Å². The minimum absolute atomic E-state index is 0.145. The van der Waals surface area contributed by atoms with Gasteiger partial charge in [0, 0.05) is 23.4 Å². The van der Waals surface area contributed by atoms with Crippen LogP contribution in [0.4, 0.5) is 0 Å². The lowest BCUT2D eigenvalue weighted by atomic mass is 9.43. The van der Waals surface area contributed by atoms with Crippen molar-refractivity contribution in [1.82, 2.24) is 4.98 Å². The molecule has 0 amide bonds. The van der Waals surface area contributed by atoms with Gasteiger partial charge in [-0.05, 0) is 87.0 Å². The number of aromatic nitrogens is 1. The minimum Gasteiger partial charge on any atom is -0.393 e.